The molecule has 2 aromatic rings. The number of rotatable bonds is 5. The van der Waals surface area contributed by atoms with Crippen molar-refractivity contribution in [3.05, 3.63) is 54.1 Å². The van der Waals surface area contributed by atoms with Crippen LogP contribution in [0, 0.1) is 0 Å². The molecule has 0 aliphatic carbocycles. The highest BCUT2D eigenvalue weighted by Crippen LogP contribution is 2.18. The zero-order chi connectivity index (χ0) is 12.8. The maximum Gasteiger partial charge on any atom is 0.0986 e. The third-order valence-corrected chi connectivity index (χ3v) is 2.70. The van der Waals surface area contributed by atoms with E-state index in [-0.39, 0.29) is 0 Å². The molecule has 3 N–H and O–H groups in total. The average Bonchev–Trinajstić information content (AvgIpc) is 2.90. The highest BCUT2D eigenvalue weighted by atomic mass is 16.3. The summed E-state index contributed by atoms with van der Waals surface area (Å²) in [6.45, 7) is 0.482. The van der Waals surface area contributed by atoms with E-state index >= 15 is 0 Å². The van der Waals surface area contributed by atoms with Crippen molar-refractivity contribution in [3.8, 4) is 0 Å². The lowest BCUT2D eigenvalue weighted by Gasteiger charge is -2.09. The minimum atomic E-state index is -0.489. The Morgan fingerprint density at radius 1 is 1.44 bits per heavy atom. The first-order valence-corrected chi connectivity index (χ1v) is 5.93. The SMILES string of the molecule is NCCC(O)c1cccc(C=Cn2ccnc2)c1. The Morgan fingerprint density at radius 3 is 3.06 bits per heavy atom. The van der Waals surface area contributed by atoms with Crippen LogP contribution in [0.4, 0.5) is 0 Å². The fraction of sp³-hybridized carbons (Fsp3) is 0.214. The van der Waals surface area contributed by atoms with Gasteiger partial charge in [-0.15, -0.1) is 0 Å². The number of aliphatic hydroxyl groups is 1. The largest absolute Gasteiger partial charge is 0.388 e. The van der Waals surface area contributed by atoms with Crippen LogP contribution < -0.4 is 5.73 Å². The van der Waals surface area contributed by atoms with Gasteiger partial charge in [-0.05, 0) is 36.2 Å². The highest BCUT2D eigenvalue weighted by Gasteiger charge is 2.05. The van der Waals surface area contributed by atoms with Crippen molar-refractivity contribution < 1.29 is 5.11 Å². The van der Waals surface area contributed by atoms with Crippen molar-refractivity contribution in [1.82, 2.24) is 9.55 Å². The molecule has 0 aliphatic heterocycles. The normalized spacial score (nSPS) is 13.0. The second-order valence-electron chi connectivity index (χ2n) is 4.09. The van der Waals surface area contributed by atoms with Gasteiger partial charge in [-0.3, -0.25) is 0 Å². The molecule has 4 nitrogen and oxygen atoms in total. The molecule has 1 unspecified atom stereocenters. The molecule has 0 fully saturated rings. The number of benzene rings is 1. The minimum absolute atomic E-state index is 0.482. The van der Waals surface area contributed by atoms with Gasteiger partial charge in [0.15, 0.2) is 0 Å². The van der Waals surface area contributed by atoms with Crippen LogP contribution in [-0.4, -0.2) is 21.2 Å². The van der Waals surface area contributed by atoms with E-state index in [0.29, 0.717) is 13.0 Å². The molecule has 0 radical (unpaired) electrons. The molecule has 1 aromatic heterocycles. The summed E-state index contributed by atoms with van der Waals surface area (Å²) in [5.41, 5.74) is 7.38. The monoisotopic (exact) mass is 243 g/mol. The number of nitrogens with two attached hydrogens (primary N) is 1. The third kappa shape index (κ3) is 3.29. The fourth-order valence-electron chi connectivity index (χ4n) is 1.72. The lowest BCUT2D eigenvalue weighted by Crippen LogP contribution is -2.06. The Balaban J connectivity index is 2.12. The summed E-state index contributed by atoms with van der Waals surface area (Å²) >= 11 is 0. The molecule has 18 heavy (non-hydrogen) atoms. The summed E-state index contributed by atoms with van der Waals surface area (Å²) in [6, 6.07) is 7.80. The molecule has 0 amide bonds. The second kappa shape index (κ2) is 6.14. The van der Waals surface area contributed by atoms with E-state index in [0.717, 1.165) is 11.1 Å². The Morgan fingerprint density at radius 2 is 2.33 bits per heavy atom. The van der Waals surface area contributed by atoms with E-state index in [1.807, 2.05) is 47.3 Å². The summed E-state index contributed by atoms with van der Waals surface area (Å²) in [4.78, 5) is 3.96. The minimum Gasteiger partial charge on any atom is -0.388 e. The predicted octanol–water partition coefficient (Wildman–Crippen LogP) is 1.89. The standard InChI is InChI=1S/C14H17N3O/c15-6-4-14(18)13-3-1-2-12(10-13)5-8-17-9-7-16-11-17/h1-3,5,7-11,14,18H,4,6,15H2. The van der Waals surface area contributed by atoms with Crippen LogP contribution in [0.25, 0.3) is 12.3 Å². The topological polar surface area (TPSA) is 64.1 Å². The van der Waals surface area contributed by atoms with Crippen molar-refractivity contribution in [2.45, 2.75) is 12.5 Å². The van der Waals surface area contributed by atoms with Crippen LogP contribution in [0.5, 0.6) is 0 Å². The number of aromatic nitrogens is 2. The molecule has 4 heteroatoms. The Kier molecular flexibility index (Phi) is 4.28. The Bertz CT molecular complexity index is 506. The molecular weight excluding hydrogens is 226 g/mol. The van der Waals surface area contributed by atoms with E-state index in [1.165, 1.54) is 0 Å². The van der Waals surface area contributed by atoms with Crippen LogP contribution in [0.15, 0.2) is 43.0 Å². The molecule has 1 heterocycles. The molecule has 94 valence electrons. The van der Waals surface area contributed by atoms with Gasteiger partial charge in [-0.25, -0.2) is 4.98 Å². The summed E-state index contributed by atoms with van der Waals surface area (Å²) in [7, 11) is 0. The van der Waals surface area contributed by atoms with Gasteiger partial charge >= 0.3 is 0 Å². The average molecular weight is 243 g/mol. The van der Waals surface area contributed by atoms with Crippen LogP contribution in [-0.2, 0) is 0 Å². The number of imidazole rings is 1. The van der Waals surface area contributed by atoms with Gasteiger partial charge in [-0.2, -0.15) is 0 Å². The van der Waals surface area contributed by atoms with Gasteiger partial charge in [0.25, 0.3) is 0 Å². The van der Waals surface area contributed by atoms with Gasteiger partial charge in [0.05, 0.1) is 12.4 Å². The quantitative estimate of drug-likeness (QED) is 0.843. The first-order valence-electron chi connectivity index (χ1n) is 5.93. The molecule has 0 bridgehead atoms. The summed E-state index contributed by atoms with van der Waals surface area (Å²) < 4.78 is 1.86. The number of nitrogens with zero attached hydrogens (tertiary/aromatic N) is 2. The molecule has 2 rings (SSSR count). The molecule has 0 aliphatic rings. The molecule has 1 atom stereocenters. The van der Waals surface area contributed by atoms with Crippen LogP contribution in [0.3, 0.4) is 0 Å². The first kappa shape index (κ1) is 12.5. The zero-order valence-corrected chi connectivity index (χ0v) is 10.1. The van der Waals surface area contributed by atoms with E-state index in [9.17, 15) is 5.11 Å². The van der Waals surface area contributed by atoms with E-state index in [1.54, 1.807) is 12.5 Å². The zero-order valence-electron chi connectivity index (χ0n) is 10.1. The summed E-state index contributed by atoms with van der Waals surface area (Å²) in [6.07, 6.45) is 9.30. The molecule has 1 aromatic carbocycles. The molecule has 0 spiro atoms. The maximum absolute atomic E-state index is 9.88. The Labute approximate surface area is 106 Å². The highest BCUT2D eigenvalue weighted by molar-refractivity contribution is 5.60. The Hall–Kier alpha value is -1.91. The second-order valence-corrected chi connectivity index (χ2v) is 4.09. The van der Waals surface area contributed by atoms with Crippen LogP contribution in [0.1, 0.15) is 23.7 Å². The van der Waals surface area contributed by atoms with Gasteiger partial charge in [0, 0.05) is 18.6 Å². The molecule has 0 saturated carbocycles. The smallest absolute Gasteiger partial charge is 0.0986 e. The third-order valence-electron chi connectivity index (χ3n) is 2.70. The van der Waals surface area contributed by atoms with Crippen molar-refractivity contribution in [2.24, 2.45) is 5.73 Å². The predicted molar refractivity (Wildman–Crippen MR) is 72.5 cm³/mol. The van der Waals surface area contributed by atoms with Crippen LogP contribution in [0.2, 0.25) is 0 Å². The van der Waals surface area contributed by atoms with Crippen molar-refractivity contribution in [1.29, 1.82) is 0 Å². The van der Waals surface area contributed by atoms with E-state index in [2.05, 4.69) is 4.98 Å². The van der Waals surface area contributed by atoms with E-state index in [4.69, 9.17) is 5.73 Å². The molecular formula is C14H17N3O. The maximum atomic E-state index is 9.88. The van der Waals surface area contributed by atoms with Gasteiger partial charge < -0.3 is 15.4 Å². The van der Waals surface area contributed by atoms with Crippen molar-refractivity contribution in [3.63, 3.8) is 0 Å². The van der Waals surface area contributed by atoms with Crippen molar-refractivity contribution >= 4 is 12.3 Å². The van der Waals surface area contributed by atoms with Crippen molar-refractivity contribution in [2.75, 3.05) is 6.54 Å². The number of hydrogen-bond acceptors (Lipinski definition) is 3. The van der Waals surface area contributed by atoms with Gasteiger partial charge in [-0.1, -0.05) is 18.2 Å². The van der Waals surface area contributed by atoms with Gasteiger partial charge in [0.1, 0.15) is 0 Å². The first-order chi connectivity index (χ1) is 8.79. The van der Waals surface area contributed by atoms with Crippen LogP contribution >= 0.6 is 0 Å². The lowest BCUT2D eigenvalue weighted by molar-refractivity contribution is 0.170. The molecule has 0 saturated heterocycles. The summed E-state index contributed by atoms with van der Waals surface area (Å²) in [5.74, 6) is 0. The number of aliphatic hydroxyl groups excluding tert-OH is 1. The lowest BCUT2D eigenvalue weighted by atomic mass is 10.0. The number of hydrogen-bond donors (Lipinski definition) is 2. The van der Waals surface area contributed by atoms with Gasteiger partial charge in [0.2, 0.25) is 0 Å². The fourth-order valence-corrected chi connectivity index (χ4v) is 1.72. The summed E-state index contributed by atoms with van der Waals surface area (Å²) in [5, 5.41) is 9.88. The van der Waals surface area contributed by atoms with E-state index < -0.39 is 6.10 Å².